The average Bonchev–Trinajstić information content (AvgIpc) is 3.22. The Morgan fingerprint density at radius 1 is 1.00 bits per heavy atom. The number of likely N-dealkylation sites (tertiary alicyclic amines) is 1. The van der Waals surface area contributed by atoms with Crippen molar-refractivity contribution in [2.45, 2.75) is 38.6 Å². The number of hydrogen-bond donors (Lipinski definition) is 1. The van der Waals surface area contributed by atoms with Crippen molar-refractivity contribution in [1.29, 1.82) is 0 Å². The molecule has 216 valence electrons. The summed E-state index contributed by atoms with van der Waals surface area (Å²) in [5.41, 5.74) is 2.53. The van der Waals surface area contributed by atoms with E-state index in [2.05, 4.69) is 0 Å². The molecule has 1 saturated heterocycles. The third-order valence-corrected chi connectivity index (χ3v) is 7.78. The molecule has 2 heterocycles. The first-order valence-corrected chi connectivity index (χ1v) is 14.4. The predicted octanol–water partition coefficient (Wildman–Crippen LogP) is 1.51. The molecule has 1 fully saturated rings. The first kappa shape index (κ1) is 30.6. The maximum Gasteiger partial charge on any atom is 0.338 e. The van der Waals surface area contributed by atoms with Crippen LogP contribution in [0.1, 0.15) is 53.8 Å². The van der Waals surface area contributed by atoms with Crippen LogP contribution in [0.3, 0.4) is 0 Å². The quantitative estimate of drug-likeness (QED) is 0.297. The van der Waals surface area contributed by atoms with Crippen LogP contribution in [0.4, 0.5) is 0 Å². The van der Waals surface area contributed by atoms with Crippen LogP contribution in [0.25, 0.3) is 10.8 Å². The molecule has 2 atom stereocenters. The van der Waals surface area contributed by atoms with E-state index in [-0.39, 0.29) is 30.0 Å². The van der Waals surface area contributed by atoms with Gasteiger partial charge in [-0.3, -0.25) is 4.79 Å². The number of nitrogens with one attached hydrogen (secondary N) is 1. The van der Waals surface area contributed by atoms with Crippen molar-refractivity contribution in [2.24, 2.45) is 0 Å². The van der Waals surface area contributed by atoms with Crippen molar-refractivity contribution < 1.29 is 31.6 Å². The summed E-state index contributed by atoms with van der Waals surface area (Å²) >= 11 is 6.09. The number of rotatable bonds is 9. The molecule has 9 heteroatoms. The first-order valence-electron chi connectivity index (χ1n) is 14.0. The molecule has 0 amide bonds. The van der Waals surface area contributed by atoms with E-state index < -0.39 is 0 Å². The molecule has 41 heavy (non-hydrogen) atoms. The zero-order valence-corrected chi connectivity index (χ0v) is 24.7. The second kappa shape index (κ2) is 14.5. The molecule has 5 rings (SSSR count). The van der Waals surface area contributed by atoms with Crippen molar-refractivity contribution in [3.8, 4) is 5.75 Å². The zero-order chi connectivity index (χ0) is 27.9. The van der Waals surface area contributed by atoms with Gasteiger partial charge in [0.1, 0.15) is 18.9 Å². The minimum absolute atomic E-state index is 0. The normalized spacial score (nSPS) is 16.9. The fraction of sp³-hybridized carbons (Fsp3) is 0.344. The van der Waals surface area contributed by atoms with E-state index in [1.54, 1.807) is 35.9 Å². The standard InChI is InChI=1S/C32H34ClN3O4.ClH/c1-2-39-32(38)24-11-15-27(16-12-24)40-21-20-35-18-5-6-26(17-19-35)36-31(37)29-8-4-3-7-28(29)30(34-36)22-23-9-13-25(33)14-10-23;/h3-4,7-16,26H,2,5-6,17-22H2,1H3;1H. The van der Waals surface area contributed by atoms with Crippen LogP contribution >= 0.6 is 11.6 Å². The number of hydrogen-bond acceptors (Lipinski definition) is 5. The number of quaternary nitrogens is 1. The summed E-state index contributed by atoms with van der Waals surface area (Å²) in [4.78, 5) is 26.8. The van der Waals surface area contributed by atoms with Gasteiger partial charge in [0, 0.05) is 23.3 Å². The molecule has 0 radical (unpaired) electrons. The SMILES string of the molecule is CCOC(=O)c1ccc(OCC[NH+]2CCCC(n3nc(Cc4ccc(Cl)cc4)c4ccccc4c3=O)CC2)cc1.[Cl-]. The minimum Gasteiger partial charge on any atom is -1.00 e. The smallest absolute Gasteiger partial charge is 0.338 e. The van der Waals surface area contributed by atoms with E-state index in [9.17, 15) is 9.59 Å². The first-order chi connectivity index (χ1) is 19.5. The van der Waals surface area contributed by atoms with Crippen molar-refractivity contribution in [2.75, 3.05) is 32.8 Å². The summed E-state index contributed by atoms with van der Waals surface area (Å²) in [6.07, 6.45) is 3.46. The van der Waals surface area contributed by atoms with Gasteiger partial charge in [-0.1, -0.05) is 41.9 Å². The predicted molar refractivity (Wildman–Crippen MR) is 157 cm³/mol. The van der Waals surface area contributed by atoms with Crippen LogP contribution in [-0.2, 0) is 11.2 Å². The second-order valence-electron chi connectivity index (χ2n) is 10.2. The Hall–Kier alpha value is -3.39. The van der Waals surface area contributed by atoms with Gasteiger partial charge in [0.05, 0.1) is 42.4 Å². The minimum atomic E-state index is -0.324. The van der Waals surface area contributed by atoms with Crippen LogP contribution in [0.5, 0.6) is 5.75 Å². The van der Waals surface area contributed by atoms with Gasteiger partial charge in [-0.25, -0.2) is 9.48 Å². The Kier molecular flexibility index (Phi) is 10.8. The molecule has 0 spiro atoms. The molecule has 1 aliphatic rings. The average molecular weight is 597 g/mol. The Balaban J connectivity index is 0.00000387. The van der Waals surface area contributed by atoms with E-state index in [1.165, 1.54) is 4.90 Å². The van der Waals surface area contributed by atoms with Crippen molar-refractivity contribution in [3.63, 3.8) is 0 Å². The number of fused-ring (bicyclic) bond motifs is 1. The number of ether oxygens (including phenoxy) is 2. The lowest BCUT2D eigenvalue weighted by Gasteiger charge is -2.19. The molecule has 4 aromatic rings. The number of nitrogens with zero attached hydrogens (tertiary/aromatic N) is 2. The fourth-order valence-corrected chi connectivity index (χ4v) is 5.51. The van der Waals surface area contributed by atoms with E-state index in [0.717, 1.165) is 66.7 Å². The van der Waals surface area contributed by atoms with E-state index in [0.29, 0.717) is 30.2 Å². The van der Waals surface area contributed by atoms with Gasteiger partial charge in [-0.2, -0.15) is 5.10 Å². The van der Waals surface area contributed by atoms with E-state index >= 15 is 0 Å². The van der Waals surface area contributed by atoms with Crippen LogP contribution in [-0.4, -0.2) is 48.6 Å². The molecule has 1 aromatic heterocycles. The van der Waals surface area contributed by atoms with Gasteiger partial charge in [0.2, 0.25) is 0 Å². The number of aromatic nitrogens is 2. The highest BCUT2D eigenvalue weighted by molar-refractivity contribution is 6.30. The van der Waals surface area contributed by atoms with Gasteiger partial charge in [0.15, 0.2) is 0 Å². The third kappa shape index (κ3) is 7.67. The van der Waals surface area contributed by atoms with Crippen molar-refractivity contribution >= 4 is 28.3 Å². The lowest BCUT2D eigenvalue weighted by Crippen LogP contribution is -3.12. The third-order valence-electron chi connectivity index (χ3n) is 7.52. The molecule has 1 aliphatic heterocycles. The van der Waals surface area contributed by atoms with Gasteiger partial charge in [-0.05, 0) is 67.8 Å². The van der Waals surface area contributed by atoms with Crippen LogP contribution in [0, 0.1) is 0 Å². The molecule has 7 nitrogen and oxygen atoms in total. The van der Waals surface area contributed by atoms with Gasteiger partial charge >= 0.3 is 5.97 Å². The largest absolute Gasteiger partial charge is 1.00 e. The molecule has 2 unspecified atom stereocenters. The second-order valence-corrected chi connectivity index (χ2v) is 10.7. The lowest BCUT2D eigenvalue weighted by atomic mass is 10.0. The highest BCUT2D eigenvalue weighted by Gasteiger charge is 2.24. The molecular weight excluding hydrogens is 561 g/mol. The van der Waals surface area contributed by atoms with Gasteiger partial charge in [-0.15, -0.1) is 0 Å². The van der Waals surface area contributed by atoms with Crippen LogP contribution in [0.2, 0.25) is 5.02 Å². The topological polar surface area (TPSA) is 74.9 Å². The molecule has 0 aliphatic carbocycles. The van der Waals surface area contributed by atoms with Gasteiger partial charge in [0.25, 0.3) is 5.56 Å². The monoisotopic (exact) mass is 595 g/mol. The Morgan fingerprint density at radius 3 is 2.46 bits per heavy atom. The summed E-state index contributed by atoms with van der Waals surface area (Å²) in [5.74, 6) is 0.412. The number of benzene rings is 3. The summed E-state index contributed by atoms with van der Waals surface area (Å²) in [7, 11) is 0. The highest BCUT2D eigenvalue weighted by Crippen LogP contribution is 2.22. The number of halogens is 2. The Bertz CT molecular complexity index is 1510. The van der Waals surface area contributed by atoms with Crippen LogP contribution in [0.15, 0.2) is 77.6 Å². The summed E-state index contributed by atoms with van der Waals surface area (Å²) in [5, 5.41) is 7.28. The van der Waals surface area contributed by atoms with Gasteiger partial charge < -0.3 is 26.8 Å². The Morgan fingerprint density at radius 2 is 1.73 bits per heavy atom. The molecule has 0 saturated carbocycles. The summed E-state index contributed by atoms with van der Waals surface area (Å²) in [6.45, 7) is 5.57. The van der Waals surface area contributed by atoms with E-state index in [1.807, 2.05) is 48.5 Å². The molecule has 3 aromatic carbocycles. The Labute approximate surface area is 251 Å². The number of esters is 1. The van der Waals surface area contributed by atoms with Crippen molar-refractivity contribution in [3.05, 3.63) is 105 Å². The lowest BCUT2D eigenvalue weighted by molar-refractivity contribution is -0.899. The zero-order valence-electron chi connectivity index (χ0n) is 23.2. The van der Waals surface area contributed by atoms with E-state index in [4.69, 9.17) is 26.2 Å². The number of carbonyl (C=O) groups excluding carboxylic acids is 1. The fourth-order valence-electron chi connectivity index (χ4n) is 5.38. The maximum atomic E-state index is 13.5. The summed E-state index contributed by atoms with van der Waals surface area (Å²) < 4.78 is 12.7. The molecular formula is C32H35Cl2N3O4. The number of carbonyl (C=O) groups is 1. The highest BCUT2D eigenvalue weighted by atomic mass is 35.5. The maximum absolute atomic E-state index is 13.5. The van der Waals surface area contributed by atoms with Crippen molar-refractivity contribution in [1.82, 2.24) is 9.78 Å². The summed E-state index contributed by atoms with van der Waals surface area (Å²) in [6, 6.07) is 22.7. The molecule has 1 N–H and O–H groups in total. The molecule has 0 bridgehead atoms. The van der Waals surface area contributed by atoms with Crippen LogP contribution < -0.4 is 27.6 Å².